The number of ether oxygens (including phenoxy) is 1. The molecule has 0 aliphatic heterocycles. The second-order valence-electron chi connectivity index (χ2n) is 3.24. The van der Waals surface area contributed by atoms with Gasteiger partial charge in [0.25, 0.3) is 0 Å². The zero-order valence-corrected chi connectivity index (χ0v) is 9.86. The number of carboxylic acids is 1. The van der Waals surface area contributed by atoms with Crippen molar-refractivity contribution in [2.75, 3.05) is 40.4 Å². The lowest BCUT2D eigenvalue weighted by Gasteiger charge is -2.16. The third-order valence-corrected chi connectivity index (χ3v) is 1.81. The normalized spacial score (nSPS) is 9.53. The maximum absolute atomic E-state index is 11.4. The molecule has 3 N–H and O–H groups in total. The minimum atomic E-state index is -1.14. The average molecular weight is 247 g/mol. The number of carbonyl (C=O) groups excluding carboxylic acids is 2. The van der Waals surface area contributed by atoms with E-state index in [1.165, 1.54) is 12.0 Å². The molecule has 98 valence electrons. The third-order valence-electron chi connectivity index (χ3n) is 1.81. The summed E-state index contributed by atoms with van der Waals surface area (Å²) >= 11 is 0. The van der Waals surface area contributed by atoms with Crippen LogP contribution in [0.3, 0.4) is 0 Å². The number of nitrogens with zero attached hydrogens (tertiary/aromatic N) is 1. The Bertz CT molecular complexity index is 282. The number of aliphatic carboxylic acids is 1. The van der Waals surface area contributed by atoms with Crippen LogP contribution >= 0.6 is 0 Å². The van der Waals surface area contributed by atoms with E-state index in [4.69, 9.17) is 9.84 Å². The second kappa shape index (κ2) is 8.34. The summed E-state index contributed by atoms with van der Waals surface area (Å²) in [5.74, 6) is -1.69. The molecule has 0 aromatic carbocycles. The van der Waals surface area contributed by atoms with Crippen molar-refractivity contribution in [3.8, 4) is 0 Å². The van der Waals surface area contributed by atoms with Crippen molar-refractivity contribution in [2.45, 2.75) is 0 Å². The average Bonchev–Trinajstić information content (AvgIpc) is 2.30. The Morgan fingerprint density at radius 1 is 1.24 bits per heavy atom. The topological polar surface area (TPSA) is 108 Å². The number of hydrogen-bond donors (Lipinski definition) is 3. The number of rotatable bonds is 7. The van der Waals surface area contributed by atoms with Gasteiger partial charge < -0.3 is 25.4 Å². The highest BCUT2D eigenvalue weighted by Crippen LogP contribution is 1.83. The minimum absolute atomic E-state index is 0.260. The largest absolute Gasteiger partial charge is 0.480 e. The van der Waals surface area contributed by atoms with Crippen molar-refractivity contribution in [2.24, 2.45) is 0 Å². The fraction of sp³-hybridized carbons (Fsp3) is 0.667. The molecule has 8 nitrogen and oxygen atoms in total. The van der Waals surface area contributed by atoms with Gasteiger partial charge in [0.15, 0.2) is 0 Å². The molecule has 0 aliphatic rings. The van der Waals surface area contributed by atoms with E-state index >= 15 is 0 Å². The van der Waals surface area contributed by atoms with Gasteiger partial charge in [-0.05, 0) is 0 Å². The van der Waals surface area contributed by atoms with Crippen molar-refractivity contribution in [1.29, 1.82) is 0 Å². The first-order chi connectivity index (χ1) is 7.97. The molecule has 8 heteroatoms. The number of carboxylic acid groups (broad SMARTS) is 1. The predicted molar refractivity (Wildman–Crippen MR) is 58.6 cm³/mol. The Labute approximate surface area is 98.9 Å². The van der Waals surface area contributed by atoms with E-state index in [1.54, 1.807) is 7.05 Å². The van der Waals surface area contributed by atoms with Crippen molar-refractivity contribution >= 4 is 17.9 Å². The van der Waals surface area contributed by atoms with Gasteiger partial charge in [0.1, 0.15) is 6.54 Å². The Morgan fingerprint density at radius 2 is 1.88 bits per heavy atom. The lowest BCUT2D eigenvalue weighted by Crippen LogP contribution is -2.44. The molecule has 0 spiro atoms. The third kappa shape index (κ3) is 8.03. The van der Waals surface area contributed by atoms with Crippen LogP contribution in [0.5, 0.6) is 0 Å². The Balaban J connectivity index is 3.75. The quantitative estimate of drug-likeness (QED) is 0.506. The number of hydrogen-bond acceptors (Lipinski definition) is 4. The van der Waals surface area contributed by atoms with Crippen molar-refractivity contribution in [1.82, 2.24) is 15.5 Å². The lowest BCUT2D eigenvalue weighted by molar-refractivity contribution is -0.137. The Hall–Kier alpha value is -1.83. The summed E-state index contributed by atoms with van der Waals surface area (Å²) in [6.07, 6.45) is 0. The van der Waals surface area contributed by atoms with Gasteiger partial charge in [0.05, 0.1) is 13.2 Å². The van der Waals surface area contributed by atoms with E-state index < -0.39 is 24.5 Å². The summed E-state index contributed by atoms with van der Waals surface area (Å²) < 4.78 is 4.79. The lowest BCUT2D eigenvalue weighted by atomic mass is 10.5. The molecule has 0 aliphatic carbocycles. The SMILES string of the molecule is COCCN(C)C(=O)NCC(=O)NCC(=O)O. The molecule has 0 saturated carbocycles. The highest BCUT2D eigenvalue weighted by molar-refractivity contribution is 5.86. The van der Waals surface area contributed by atoms with Crippen molar-refractivity contribution in [3.63, 3.8) is 0 Å². The molecular formula is C9H17N3O5. The summed E-state index contributed by atoms with van der Waals surface area (Å²) in [6, 6.07) is -0.424. The molecule has 0 atom stereocenters. The molecule has 0 aromatic heterocycles. The van der Waals surface area contributed by atoms with E-state index in [0.717, 1.165) is 0 Å². The van der Waals surface area contributed by atoms with Crippen LogP contribution < -0.4 is 10.6 Å². The van der Waals surface area contributed by atoms with Crippen LogP contribution in [-0.2, 0) is 14.3 Å². The molecule has 0 rings (SSSR count). The summed E-state index contributed by atoms with van der Waals surface area (Å²) in [5, 5.41) is 12.8. The standard InChI is InChI=1S/C9H17N3O5/c1-12(3-4-17-2)9(16)11-5-7(13)10-6-8(14)15/h3-6H2,1-2H3,(H,10,13)(H,11,16)(H,14,15). The van der Waals surface area contributed by atoms with Crippen LogP contribution in [0.1, 0.15) is 0 Å². The molecule has 0 radical (unpaired) electrons. The highest BCUT2D eigenvalue weighted by Gasteiger charge is 2.10. The molecule has 0 saturated heterocycles. The van der Waals surface area contributed by atoms with Gasteiger partial charge >= 0.3 is 12.0 Å². The van der Waals surface area contributed by atoms with E-state index in [1.807, 2.05) is 0 Å². The molecular weight excluding hydrogens is 230 g/mol. The summed E-state index contributed by atoms with van der Waals surface area (Å²) in [7, 11) is 3.08. The molecule has 0 heterocycles. The monoisotopic (exact) mass is 247 g/mol. The maximum atomic E-state index is 11.4. The number of carbonyl (C=O) groups is 3. The predicted octanol–water partition coefficient (Wildman–Crippen LogP) is -1.52. The van der Waals surface area contributed by atoms with E-state index in [0.29, 0.717) is 13.2 Å². The molecule has 3 amide bonds. The summed E-state index contributed by atoms with van der Waals surface area (Å²) in [5.41, 5.74) is 0. The van der Waals surface area contributed by atoms with Gasteiger partial charge in [-0.1, -0.05) is 0 Å². The second-order valence-corrected chi connectivity index (χ2v) is 3.24. The fourth-order valence-electron chi connectivity index (χ4n) is 0.857. The Morgan fingerprint density at radius 3 is 2.41 bits per heavy atom. The zero-order valence-electron chi connectivity index (χ0n) is 9.86. The van der Waals surface area contributed by atoms with Crippen molar-refractivity contribution < 1.29 is 24.2 Å². The number of urea groups is 1. The number of likely N-dealkylation sites (N-methyl/N-ethyl adjacent to an activating group) is 1. The summed E-state index contributed by atoms with van der Waals surface area (Å²) in [4.78, 5) is 33.9. The van der Waals surface area contributed by atoms with Gasteiger partial charge in [-0.15, -0.1) is 0 Å². The van der Waals surface area contributed by atoms with Crippen LogP contribution in [-0.4, -0.2) is 68.3 Å². The number of methoxy groups -OCH3 is 1. The van der Waals surface area contributed by atoms with Gasteiger partial charge in [-0.3, -0.25) is 9.59 Å². The van der Waals surface area contributed by atoms with E-state index in [2.05, 4.69) is 10.6 Å². The summed E-state index contributed by atoms with van der Waals surface area (Å²) in [6.45, 7) is 0.0753. The molecule has 17 heavy (non-hydrogen) atoms. The van der Waals surface area contributed by atoms with E-state index in [9.17, 15) is 14.4 Å². The number of amides is 3. The van der Waals surface area contributed by atoms with E-state index in [-0.39, 0.29) is 6.54 Å². The van der Waals surface area contributed by atoms with Crippen molar-refractivity contribution in [3.05, 3.63) is 0 Å². The molecule has 0 aromatic rings. The fourth-order valence-corrected chi connectivity index (χ4v) is 0.857. The van der Waals surface area contributed by atoms with Gasteiger partial charge in [0.2, 0.25) is 5.91 Å². The smallest absolute Gasteiger partial charge is 0.322 e. The Kier molecular flexibility index (Phi) is 7.44. The van der Waals surface area contributed by atoms with Crippen LogP contribution in [0.15, 0.2) is 0 Å². The first kappa shape index (κ1) is 15.2. The molecule has 0 bridgehead atoms. The first-order valence-corrected chi connectivity index (χ1v) is 4.93. The minimum Gasteiger partial charge on any atom is -0.480 e. The highest BCUT2D eigenvalue weighted by atomic mass is 16.5. The van der Waals surface area contributed by atoms with Gasteiger partial charge in [-0.2, -0.15) is 0 Å². The maximum Gasteiger partial charge on any atom is 0.322 e. The molecule has 0 fully saturated rings. The first-order valence-electron chi connectivity index (χ1n) is 4.93. The molecule has 0 unspecified atom stereocenters. The van der Waals surface area contributed by atoms with Crippen LogP contribution in [0.2, 0.25) is 0 Å². The van der Waals surface area contributed by atoms with Crippen LogP contribution in [0, 0.1) is 0 Å². The number of nitrogens with one attached hydrogen (secondary N) is 2. The van der Waals surface area contributed by atoms with Crippen LogP contribution in [0.25, 0.3) is 0 Å². The van der Waals surface area contributed by atoms with Crippen LogP contribution in [0.4, 0.5) is 4.79 Å². The zero-order chi connectivity index (χ0) is 13.3. The van der Waals surface area contributed by atoms with Gasteiger partial charge in [-0.25, -0.2) is 4.79 Å². The van der Waals surface area contributed by atoms with Gasteiger partial charge in [0, 0.05) is 20.7 Å².